The first-order valence-electron chi connectivity index (χ1n) is 3.72. The van der Waals surface area contributed by atoms with E-state index in [-0.39, 0.29) is 12.4 Å². The van der Waals surface area contributed by atoms with Crippen LogP contribution in [0.15, 0.2) is 24.3 Å². The first kappa shape index (κ1) is 9.36. The number of aliphatic hydroxyl groups excluding tert-OH is 1. The zero-order valence-corrected chi connectivity index (χ0v) is 6.84. The van der Waals surface area contributed by atoms with E-state index in [1.54, 1.807) is 18.2 Å². The van der Waals surface area contributed by atoms with Gasteiger partial charge in [-0.2, -0.15) is 5.26 Å². The third kappa shape index (κ3) is 3.01. The second kappa shape index (κ2) is 4.33. The van der Waals surface area contributed by atoms with E-state index in [1.165, 1.54) is 12.1 Å². The molecular weight excluding hydrogens is 170 g/mol. The summed E-state index contributed by atoms with van der Waals surface area (Å²) in [5.74, 6) is 0.653. The number of nitriles is 1. The van der Waals surface area contributed by atoms with Crippen LogP contribution in [0.1, 0.15) is 0 Å². The number of phenolic OH excluding ortho intramolecular Hbond substituents is 1. The monoisotopic (exact) mass is 179 g/mol. The van der Waals surface area contributed by atoms with Crippen molar-refractivity contribution in [3.8, 4) is 17.6 Å². The molecule has 0 amide bonds. The van der Waals surface area contributed by atoms with Gasteiger partial charge in [0.05, 0.1) is 6.07 Å². The maximum Gasteiger partial charge on any atom is 0.174 e. The fraction of sp³-hybridized carbons (Fsp3) is 0.222. The molecule has 1 unspecified atom stereocenters. The van der Waals surface area contributed by atoms with Gasteiger partial charge in [0.2, 0.25) is 0 Å². The van der Waals surface area contributed by atoms with Gasteiger partial charge in [-0.15, -0.1) is 0 Å². The van der Waals surface area contributed by atoms with E-state index in [0.29, 0.717) is 5.75 Å². The van der Waals surface area contributed by atoms with Gasteiger partial charge in [0, 0.05) is 0 Å². The lowest BCUT2D eigenvalue weighted by atomic mass is 10.3. The number of aliphatic hydroxyl groups is 1. The van der Waals surface area contributed by atoms with Crippen molar-refractivity contribution in [3.05, 3.63) is 24.3 Å². The molecule has 1 atom stereocenters. The summed E-state index contributed by atoms with van der Waals surface area (Å²) in [6.45, 7) is -0.0682. The first-order chi connectivity index (χ1) is 6.22. The topological polar surface area (TPSA) is 73.5 Å². The Morgan fingerprint density at radius 2 is 2.00 bits per heavy atom. The van der Waals surface area contributed by atoms with Crippen LogP contribution in [0.4, 0.5) is 0 Å². The van der Waals surface area contributed by atoms with E-state index in [9.17, 15) is 0 Å². The van der Waals surface area contributed by atoms with E-state index in [0.717, 1.165) is 0 Å². The molecule has 0 saturated carbocycles. The number of aromatic hydroxyl groups is 1. The zero-order chi connectivity index (χ0) is 9.68. The molecule has 4 nitrogen and oxygen atoms in total. The number of benzene rings is 1. The Morgan fingerprint density at radius 3 is 2.54 bits per heavy atom. The Balaban J connectivity index is 2.47. The van der Waals surface area contributed by atoms with Crippen molar-refractivity contribution in [3.63, 3.8) is 0 Å². The number of hydrogen-bond donors (Lipinski definition) is 2. The largest absolute Gasteiger partial charge is 0.508 e. The molecule has 0 spiro atoms. The molecule has 0 saturated heterocycles. The van der Waals surface area contributed by atoms with Crippen molar-refractivity contribution >= 4 is 0 Å². The van der Waals surface area contributed by atoms with Crippen LogP contribution in [-0.4, -0.2) is 22.9 Å². The van der Waals surface area contributed by atoms with E-state index in [1.807, 2.05) is 0 Å². The van der Waals surface area contributed by atoms with Crippen LogP contribution in [0, 0.1) is 11.3 Å². The van der Waals surface area contributed by atoms with Crippen LogP contribution < -0.4 is 4.74 Å². The lowest BCUT2D eigenvalue weighted by Crippen LogP contribution is -2.14. The molecule has 0 radical (unpaired) electrons. The molecule has 1 rings (SSSR count). The highest BCUT2D eigenvalue weighted by molar-refractivity contribution is 5.30. The van der Waals surface area contributed by atoms with Gasteiger partial charge in [-0.1, -0.05) is 0 Å². The lowest BCUT2D eigenvalue weighted by Gasteiger charge is -2.05. The van der Waals surface area contributed by atoms with Gasteiger partial charge in [-0.05, 0) is 24.3 Å². The van der Waals surface area contributed by atoms with Crippen LogP contribution in [0.5, 0.6) is 11.5 Å². The lowest BCUT2D eigenvalue weighted by molar-refractivity contribution is 0.150. The van der Waals surface area contributed by atoms with Crippen LogP contribution in [-0.2, 0) is 0 Å². The van der Waals surface area contributed by atoms with Crippen molar-refractivity contribution in [1.82, 2.24) is 0 Å². The van der Waals surface area contributed by atoms with Gasteiger partial charge < -0.3 is 14.9 Å². The molecule has 4 heteroatoms. The number of nitrogens with zero attached hydrogens (tertiary/aromatic N) is 1. The van der Waals surface area contributed by atoms with Gasteiger partial charge in [0.1, 0.15) is 18.1 Å². The molecule has 1 aromatic carbocycles. The minimum atomic E-state index is -1.12. The Labute approximate surface area is 75.6 Å². The van der Waals surface area contributed by atoms with Crippen molar-refractivity contribution in [1.29, 1.82) is 5.26 Å². The molecule has 0 heterocycles. The molecule has 0 bridgehead atoms. The van der Waals surface area contributed by atoms with Crippen LogP contribution in [0.3, 0.4) is 0 Å². The van der Waals surface area contributed by atoms with E-state index >= 15 is 0 Å². The second-order valence-corrected chi connectivity index (χ2v) is 2.45. The molecule has 13 heavy (non-hydrogen) atoms. The summed E-state index contributed by atoms with van der Waals surface area (Å²) in [6.07, 6.45) is -1.12. The van der Waals surface area contributed by atoms with Crippen molar-refractivity contribution in [2.75, 3.05) is 6.61 Å². The fourth-order valence-electron chi connectivity index (χ4n) is 0.755. The van der Waals surface area contributed by atoms with Crippen molar-refractivity contribution < 1.29 is 14.9 Å². The summed E-state index contributed by atoms with van der Waals surface area (Å²) in [5, 5.41) is 26.0. The number of rotatable bonds is 3. The molecule has 0 aliphatic carbocycles. The summed E-state index contributed by atoms with van der Waals surface area (Å²) in [5.41, 5.74) is 0. The van der Waals surface area contributed by atoms with Gasteiger partial charge in [0.25, 0.3) is 0 Å². The summed E-state index contributed by atoms with van der Waals surface area (Å²) in [7, 11) is 0. The number of ether oxygens (including phenoxy) is 1. The maximum absolute atomic E-state index is 8.92. The predicted octanol–water partition coefficient (Wildman–Crippen LogP) is 0.655. The SMILES string of the molecule is N#CC(O)COc1ccc(O)cc1. The average molecular weight is 179 g/mol. The molecule has 0 aliphatic rings. The quantitative estimate of drug-likeness (QED) is 0.668. The van der Waals surface area contributed by atoms with Crippen molar-refractivity contribution in [2.45, 2.75) is 6.10 Å². The molecule has 68 valence electrons. The molecule has 2 N–H and O–H groups in total. The minimum Gasteiger partial charge on any atom is -0.508 e. The third-order valence-corrected chi connectivity index (χ3v) is 1.39. The van der Waals surface area contributed by atoms with Gasteiger partial charge >= 0.3 is 0 Å². The van der Waals surface area contributed by atoms with Crippen LogP contribution >= 0.6 is 0 Å². The summed E-state index contributed by atoms with van der Waals surface area (Å²) < 4.78 is 5.03. The van der Waals surface area contributed by atoms with Crippen molar-refractivity contribution in [2.24, 2.45) is 0 Å². The molecule has 0 aromatic heterocycles. The smallest absolute Gasteiger partial charge is 0.174 e. The van der Waals surface area contributed by atoms with Crippen LogP contribution in [0.2, 0.25) is 0 Å². The van der Waals surface area contributed by atoms with Gasteiger partial charge in [0.15, 0.2) is 6.10 Å². The standard InChI is InChI=1S/C9H9NO3/c10-5-8(12)6-13-9-3-1-7(11)2-4-9/h1-4,8,11-12H,6H2. The highest BCUT2D eigenvalue weighted by atomic mass is 16.5. The fourth-order valence-corrected chi connectivity index (χ4v) is 0.755. The normalized spacial score (nSPS) is 11.7. The van der Waals surface area contributed by atoms with E-state index in [4.69, 9.17) is 20.2 Å². The second-order valence-electron chi connectivity index (χ2n) is 2.45. The Bertz CT molecular complexity index is 302. The highest BCUT2D eigenvalue weighted by Gasteiger charge is 2.01. The first-order valence-corrected chi connectivity index (χ1v) is 3.72. The van der Waals surface area contributed by atoms with E-state index < -0.39 is 6.10 Å². The summed E-state index contributed by atoms with van der Waals surface area (Å²) >= 11 is 0. The number of hydrogen-bond acceptors (Lipinski definition) is 4. The molecule has 0 fully saturated rings. The predicted molar refractivity (Wildman–Crippen MR) is 45.2 cm³/mol. The highest BCUT2D eigenvalue weighted by Crippen LogP contribution is 2.15. The molecule has 0 aliphatic heterocycles. The summed E-state index contributed by atoms with van der Waals surface area (Å²) in [6, 6.07) is 7.67. The van der Waals surface area contributed by atoms with E-state index in [2.05, 4.69) is 0 Å². The number of phenols is 1. The Morgan fingerprint density at radius 1 is 1.38 bits per heavy atom. The van der Waals surface area contributed by atoms with Gasteiger partial charge in [-0.3, -0.25) is 0 Å². The maximum atomic E-state index is 8.92. The minimum absolute atomic E-state index is 0.0682. The van der Waals surface area contributed by atoms with Crippen LogP contribution in [0.25, 0.3) is 0 Å². The molecule has 1 aromatic rings. The van der Waals surface area contributed by atoms with Gasteiger partial charge in [-0.25, -0.2) is 0 Å². The molecular formula is C9H9NO3. The summed E-state index contributed by atoms with van der Waals surface area (Å²) in [4.78, 5) is 0. The Kier molecular flexibility index (Phi) is 3.12. The Hall–Kier alpha value is -1.73. The third-order valence-electron chi connectivity index (χ3n) is 1.39. The average Bonchev–Trinajstić information content (AvgIpc) is 2.16. The zero-order valence-electron chi connectivity index (χ0n) is 6.84.